The third-order valence-electron chi connectivity index (χ3n) is 3.80. The molecule has 2 aromatic carbocycles. The molecule has 5 nitrogen and oxygen atoms in total. The molecule has 1 fully saturated rings. The summed E-state index contributed by atoms with van der Waals surface area (Å²) in [5, 5.41) is 0.0335. The summed E-state index contributed by atoms with van der Waals surface area (Å²) in [6.07, 6.45) is 2.72. The number of thioether (sulfide) groups is 1. The van der Waals surface area contributed by atoms with Crippen LogP contribution in [0.1, 0.15) is 5.56 Å². The Bertz CT molecular complexity index is 1090. The molecular formula is C19H11NO4S. The van der Waals surface area contributed by atoms with Crippen molar-refractivity contribution in [1.82, 2.24) is 0 Å². The van der Waals surface area contributed by atoms with Gasteiger partial charge in [-0.15, -0.1) is 0 Å². The van der Waals surface area contributed by atoms with Gasteiger partial charge in [0, 0.05) is 0 Å². The Morgan fingerprint density at radius 3 is 2.44 bits per heavy atom. The van der Waals surface area contributed by atoms with Gasteiger partial charge in [0.25, 0.3) is 11.1 Å². The van der Waals surface area contributed by atoms with Gasteiger partial charge in [0.15, 0.2) is 5.43 Å². The van der Waals surface area contributed by atoms with Crippen LogP contribution in [0.15, 0.2) is 75.0 Å². The van der Waals surface area contributed by atoms with Crippen molar-refractivity contribution < 1.29 is 14.0 Å². The maximum Gasteiger partial charge on any atom is 0.298 e. The van der Waals surface area contributed by atoms with Crippen molar-refractivity contribution in [1.29, 1.82) is 0 Å². The number of nitrogens with zero attached hydrogens (tertiary/aromatic N) is 1. The molecule has 0 spiro atoms. The van der Waals surface area contributed by atoms with Gasteiger partial charge in [0.2, 0.25) is 0 Å². The predicted molar refractivity (Wildman–Crippen MR) is 97.4 cm³/mol. The lowest BCUT2D eigenvalue weighted by molar-refractivity contribution is -0.113. The molecule has 25 heavy (non-hydrogen) atoms. The Kier molecular flexibility index (Phi) is 3.74. The van der Waals surface area contributed by atoms with Crippen molar-refractivity contribution >= 4 is 45.6 Å². The summed E-state index contributed by atoms with van der Waals surface area (Å²) in [5.41, 5.74) is 0.964. The molecule has 0 atom stereocenters. The van der Waals surface area contributed by atoms with Gasteiger partial charge in [-0.1, -0.05) is 30.3 Å². The van der Waals surface area contributed by atoms with E-state index in [4.69, 9.17) is 4.42 Å². The number of carbonyl (C=O) groups is 2. The average molecular weight is 349 g/mol. The molecule has 0 aliphatic carbocycles. The van der Waals surface area contributed by atoms with E-state index in [0.29, 0.717) is 16.7 Å². The second-order valence-electron chi connectivity index (χ2n) is 5.37. The summed E-state index contributed by atoms with van der Waals surface area (Å²) >= 11 is 0.804. The highest BCUT2D eigenvalue weighted by Crippen LogP contribution is 2.35. The van der Waals surface area contributed by atoms with Crippen molar-refractivity contribution in [3.8, 4) is 0 Å². The Balaban J connectivity index is 1.76. The number of hydrogen-bond acceptors (Lipinski definition) is 5. The van der Waals surface area contributed by atoms with Crippen molar-refractivity contribution in [3.63, 3.8) is 0 Å². The number of anilines is 1. The number of fused-ring (bicyclic) bond motifs is 1. The Morgan fingerprint density at radius 2 is 1.64 bits per heavy atom. The van der Waals surface area contributed by atoms with Crippen LogP contribution in [0.2, 0.25) is 0 Å². The van der Waals surface area contributed by atoms with Gasteiger partial charge >= 0.3 is 0 Å². The zero-order valence-electron chi connectivity index (χ0n) is 12.8. The molecule has 1 aromatic heterocycles. The number of rotatable bonds is 2. The van der Waals surface area contributed by atoms with Crippen LogP contribution < -0.4 is 10.3 Å². The quantitative estimate of drug-likeness (QED) is 0.653. The van der Waals surface area contributed by atoms with Crippen LogP contribution in [0, 0.1) is 0 Å². The SMILES string of the molecule is O=C1S/C(=C/c2coc3ccccc3c2=O)C(=O)N1c1ccccc1. The lowest BCUT2D eigenvalue weighted by atomic mass is 10.1. The second kappa shape index (κ2) is 6.07. The minimum atomic E-state index is -0.450. The van der Waals surface area contributed by atoms with Gasteiger partial charge in [0.1, 0.15) is 11.8 Å². The molecule has 0 saturated carbocycles. The molecule has 0 N–H and O–H groups in total. The highest BCUT2D eigenvalue weighted by atomic mass is 32.2. The Labute approximate surface area is 146 Å². The number of amides is 2. The zero-order chi connectivity index (χ0) is 17.4. The topological polar surface area (TPSA) is 67.6 Å². The van der Waals surface area contributed by atoms with Gasteiger partial charge in [0.05, 0.1) is 21.5 Å². The molecule has 122 valence electrons. The summed E-state index contributed by atoms with van der Waals surface area (Å²) in [7, 11) is 0. The molecule has 0 radical (unpaired) electrons. The molecule has 4 rings (SSSR count). The van der Waals surface area contributed by atoms with Crippen molar-refractivity contribution in [2.45, 2.75) is 0 Å². The molecule has 0 unspecified atom stereocenters. The van der Waals surface area contributed by atoms with E-state index >= 15 is 0 Å². The normalized spacial score (nSPS) is 16.2. The highest BCUT2D eigenvalue weighted by molar-refractivity contribution is 8.19. The number of carbonyl (C=O) groups excluding carboxylic acids is 2. The Hall–Kier alpha value is -3.12. The van der Waals surface area contributed by atoms with Crippen LogP contribution in [0.3, 0.4) is 0 Å². The first-order chi connectivity index (χ1) is 12.1. The van der Waals surface area contributed by atoms with E-state index in [1.165, 1.54) is 12.3 Å². The number of imide groups is 1. The molecule has 2 amide bonds. The molecule has 1 aliphatic heterocycles. The van der Waals surface area contributed by atoms with E-state index in [1.807, 2.05) is 0 Å². The summed E-state index contributed by atoms with van der Waals surface area (Å²) < 4.78 is 5.44. The van der Waals surface area contributed by atoms with Crippen molar-refractivity contribution in [2.75, 3.05) is 4.90 Å². The summed E-state index contributed by atoms with van der Waals surface area (Å²) in [6, 6.07) is 15.5. The van der Waals surface area contributed by atoms with Gasteiger partial charge in [-0.05, 0) is 42.1 Å². The van der Waals surface area contributed by atoms with E-state index < -0.39 is 11.1 Å². The van der Waals surface area contributed by atoms with Gasteiger partial charge < -0.3 is 4.42 Å². The van der Waals surface area contributed by atoms with Crippen LogP contribution in [0.4, 0.5) is 10.5 Å². The zero-order valence-corrected chi connectivity index (χ0v) is 13.7. The largest absolute Gasteiger partial charge is 0.463 e. The second-order valence-corrected chi connectivity index (χ2v) is 6.36. The maximum absolute atomic E-state index is 12.6. The molecular weight excluding hydrogens is 338 g/mol. The van der Waals surface area contributed by atoms with Crippen molar-refractivity contribution in [2.24, 2.45) is 0 Å². The van der Waals surface area contributed by atoms with Crippen molar-refractivity contribution in [3.05, 3.63) is 81.6 Å². The van der Waals surface area contributed by atoms with E-state index in [9.17, 15) is 14.4 Å². The molecule has 3 aromatic rings. The highest BCUT2D eigenvalue weighted by Gasteiger charge is 2.36. The third-order valence-corrected chi connectivity index (χ3v) is 4.67. The third kappa shape index (κ3) is 2.66. The molecule has 6 heteroatoms. The lowest BCUT2D eigenvalue weighted by Gasteiger charge is -2.11. The predicted octanol–water partition coefficient (Wildman–Crippen LogP) is 4.03. The van der Waals surface area contributed by atoms with Crippen LogP contribution in [-0.2, 0) is 4.79 Å². The minimum absolute atomic E-state index is 0.191. The molecule has 0 bridgehead atoms. The smallest absolute Gasteiger partial charge is 0.298 e. The van der Waals surface area contributed by atoms with Gasteiger partial charge in [-0.3, -0.25) is 14.4 Å². The first-order valence-corrected chi connectivity index (χ1v) is 8.30. The Morgan fingerprint density at radius 1 is 0.920 bits per heavy atom. The monoisotopic (exact) mass is 349 g/mol. The number of benzene rings is 2. The van der Waals surface area contributed by atoms with Crippen LogP contribution in [0.5, 0.6) is 0 Å². The maximum atomic E-state index is 12.6. The van der Waals surface area contributed by atoms with E-state index in [2.05, 4.69) is 0 Å². The van der Waals surface area contributed by atoms with Gasteiger partial charge in [-0.2, -0.15) is 0 Å². The fourth-order valence-electron chi connectivity index (χ4n) is 2.60. The van der Waals surface area contributed by atoms with Crippen LogP contribution in [-0.4, -0.2) is 11.1 Å². The molecule has 2 heterocycles. The van der Waals surface area contributed by atoms with Crippen LogP contribution >= 0.6 is 11.8 Å². The van der Waals surface area contributed by atoms with E-state index in [0.717, 1.165) is 16.7 Å². The van der Waals surface area contributed by atoms with E-state index in [-0.39, 0.29) is 15.9 Å². The number of hydrogen-bond donors (Lipinski definition) is 0. The van der Waals surface area contributed by atoms with Gasteiger partial charge in [-0.25, -0.2) is 4.90 Å². The molecule has 1 saturated heterocycles. The van der Waals surface area contributed by atoms with Crippen LogP contribution in [0.25, 0.3) is 17.0 Å². The lowest BCUT2D eigenvalue weighted by Crippen LogP contribution is -2.27. The van der Waals surface area contributed by atoms with E-state index in [1.54, 1.807) is 54.6 Å². The summed E-state index contributed by atoms with van der Waals surface area (Å²) in [4.78, 5) is 38.6. The number of para-hydroxylation sites is 2. The summed E-state index contributed by atoms with van der Waals surface area (Å²) in [6.45, 7) is 0. The summed E-state index contributed by atoms with van der Waals surface area (Å²) in [5.74, 6) is -0.450. The fraction of sp³-hybridized carbons (Fsp3) is 0. The first kappa shape index (κ1) is 15.4. The average Bonchev–Trinajstić information content (AvgIpc) is 2.92. The first-order valence-electron chi connectivity index (χ1n) is 7.49. The standard InChI is InChI=1S/C19H11NO4S/c21-17-12(11-24-15-9-5-4-8-14(15)17)10-16-18(22)20(19(23)25-16)13-6-2-1-3-7-13/h1-11H/b16-10+. The molecule has 1 aliphatic rings. The minimum Gasteiger partial charge on any atom is -0.463 e. The fourth-order valence-corrected chi connectivity index (χ4v) is 3.43.